The topological polar surface area (TPSA) is 37.3 Å². The fraction of sp³-hybridized carbons (Fsp3) is 0.947. The summed E-state index contributed by atoms with van der Waals surface area (Å²) in [5.74, 6) is -0.657. The van der Waals surface area contributed by atoms with E-state index in [-0.39, 0.29) is 6.04 Å². The number of likely N-dealkylation sites (N-methyl/N-ethyl adjacent to an activating group) is 1. The molecule has 1 N–H and O–H groups in total. The van der Waals surface area contributed by atoms with Crippen molar-refractivity contribution in [1.29, 1.82) is 0 Å². The number of aliphatic carboxylic acids is 1. The van der Waals surface area contributed by atoms with Gasteiger partial charge in [-0.3, -0.25) is 0 Å². The zero-order valence-corrected chi connectivity index (χ0v) is 15.6. The molecule has 0 rings (SSSR count). The summed E-state index contributed by atoms with van der Waals surface area (Å²) in [4.78, 5) is 11.3. The smallest absolute Gasteiger partial charge is 0.362 e. The molecule has 0 saturated carbocycles. The number of carboxylic acid groups (broad SMARTS) is 1. The van der Waals surface area contributed by atoms with Crippen molar-refractivity contribution in [3.05, 3.63) is 0 Å². The Morgan fingerprint density at radius 2 is 1.14 bits per heavy atom. The average Bonchev–Trinajstić information content (AvgIpc) is 2.42. The summed E-state index contributed by atoms with van der Waals surface area (Å²) in [5.41, 5.74) is 0. The first-order valence-corrected chi connectivity index (χ1v) is 9.43. The number of rotatable bonds is 15. The number of carbonyl (C=O) groups is 1. The van der Waals surface area contributed by atoms with Crippen LogP contribution in [0.25, 0.3) is 0 Å². The molecule has 0 aliphatic rings. The Bertz CT molecular complexity index is 271. The van der Waals surface area contributed by atoms with Gasteiger partial charge in [-0.2, -0.15) is 0 Å². The Balaban J connectivity index is 3.41. The number of quaternary nitrogens is 1. The molecule has 0 fully saturated rings. The van der Waals surface area contributed by atoms with Crippen LogP contribution >= 0.6 is 0 Å². The zero-order valence-electron chi connectivity index (χ0n) is 15.6. The molecule has 0 aliphatic heterocycles. The van der Waals surface area contributed by atoms with E-state index in [0.29, 0.717) is 4.48 Å². The van der Waals surface area contributed by atoms with E-state index in [2.05, 4.69) is 6.92 Å². The Morgan fingerprint density at radius 3 is 1.45 bits per heavy atom. The summed E-state index contributed by atoms with van der Waals surface area (Å²) < 4.78 is 0.521. The van der Waals surface area contributed by atoms with Crippen LogP contribution in [0.15, 0.2) is 0 Å². The molecule has 0 amide bonds. The van der Waals surface area contributed by atoms with Gasteiger partial charge in [0, 0.05) is 6.42 Å². The average molecular weight is 315 g/mol. The minimum absolute atomic E-state index is 0.261. The fourth-order valence-corrected chi connectivity index (χ4v) is 3.02. The molecule has 1 unspecified atom stereocenters. The number of carboxylic acids is 1. The quantitative estimate of drug-likeness (QED) is 0.331. The predicted molar refractivity (Wildman–Crippen MR) is 95.2 cm³/mol. The Labute approximate surface area is 138 Å². The van der Waals surface area contributed by atoms with Crippen molar-refractivity contribution in [2.75, 3.05) is 21.1 Å². The Kier molecular flexibility index (Phi) is 12.6. The maximum Gasteiger partial charge on any atom is 0.362 e. The molecule has 0 heterocycles. The molecule has 0 bridgehead atoms. The third-order valence-corrected chi connectivity index (χ3v) is 4.55. The van der Waals surface area contributed by atoms with Crippen LogP contribution in [0, 0.1) is 0 Å². The first-order chi connectivity index (χ1) is 10.4. The SMILES string of the molecule is CCCCCCCCCCCCCCC(C(=O)O)[N+](C)(C)C. The summed E-state index contributed by atoms with van der Waals surface area (Å²) >= 11 is 0. The standard InChI is InChI=1S/C19H39NO2/c1-5-6-7-8-9-10-11-12-13-14-15-16-17-18(19(21)22)20(2,3)4/h18H,5-17H2,1-4H3/p+1. The largest absolute Gasteiger partial charge is 0.477 e. The van der Waals surface area contributed by atoms with Gasteiger partial charge in [-0.05, 0) is 6.42 Å². The van der Waals surface area contributed by atoms with E-state index in [1.165, 1.54) is 70.6 Å². The van der Waals surface area contributed by atoms with E-state index in [4.69, 9.17) is 0 Å². The van der Waals surface area contributed by atoms with Crippen LogP contribution in [0.1, 0.15) is 90.4 Å². The minimum atomic E-state index is -0.657. The second kappa shape index (κ2) is 12.9. The van der Waals surface area contributed by atoms with E-state index in [9.17, 15) is 9.90 Å². The van der Waals surface area contributed by atoms with Crippen LogP contribution in [0.5, 0.6) is 0 Å². The van der Waals surface area contributed by atoms with Gasteiger partial charge in [0.15, 0.2) is 6.04 Å². The van der Waals surface area contributed by atoms with Crippen molar-refractivity contribution in [2.45, 2.75) is 96.4 Å². The molecular weight excluding hydrogens is 274 g/mol. The highest BCUT2D eigenvalue weighted by molar-refractivity contribution is 5.72. The maximum absolute atomic E-state index is 11.3. The van der Waals surface area contributed by atoms with Crippen molar-refractivity contribution in [1.82, 2.24) is 0 Å². The third-order valence-electron chi connectivity index (χ3n) is 4.55. The van der Waals surface area contributed by atoms with Crippen LogP contribution in [-0.4, -0.2) is 42.7 Å². The van der Waals surface area contributed by atoms with Crippen LogP contribution in [0.4, 0.5) is 0 Å². The molecule has 22 heavy (non-hydrogen) atoms. The minimum Gasteiger partial charge on any atom is -0.477 e. The first-order valence-electron chi connectivity index (χ1n) is 9.43. The summed E-state index contributed by atoms with van der Waals surface area (Å²) in [5, 5.41) is 9.27. The van der Waals surface area contributed by atoms with Gasteiger partial charge in [-0.1, -0.05) is 77.6 Å². The molecule has 0 aromatic heterocycles. The van der Waals surface area contributed by atoms with Crippen molar-refractivity contribution in [3.8, 4) is 0 Å². The van der Waals surface area contributed by atoms with Gasteiger partial charge >= 0.3 is 5.97 Å². The van der Waals surface area contributed by atoms with Crippen molar-refractivity contribution in [2.24, 2.45) is 0 Å². The summed E-state index contributed by atoms with van der Waals surface area (Å²) in [6.45, 7) is 2.26. The van der Waals surface area contributed by atoms with E-state index in [1.54, 1.807) is 0 Å². The molecule has 132 valence electrons. The lowest BCUT2D eigenvalue weighted by Crippen LogP contribution is -2.49. The van der Waals surface area contributed by atoms with Gasteiger partial charge in [-0.15, -0.1) is 0 Å². The van der Waals surface area contributed by atoms with E-state index in [0.717, 1.165) is 12.8 Å². The molecule has 0 spiro atoms. The predicted octanol–water partition coefficient (Wildman–Crippen LogP) is 5.24. The second-order valence-electron chi connectivity index (χ2n) is 7.65. The Morgan fingerprint density at radius 1 is 0.773 bits per heavy atom. The highest BCUT2D eigenvalue weighted by atomic mass is 16.4. The van der Waals surface area contributed by atoms with Gasteiger partial charge in [0.1, 0.15) is 0 Å². The van der Waals surface area contributed by atoms with Crippen LogP contribution in [0.3, 0.4) is 0 Å². The van der Waals surface area contributed by atoms with Gasteiger partial charge < -0.3 is 9.59 Å². The summed E-state index contributed by atoms with van der Waals surface area (Å²) in [6, 6.07) is -0.261. The van der Waals surface area contributed by atoms with Gasteiger partial charge in [0.25, 0.3) is 0 Å². The molecule has 0 aromatic carbocycles. The van der Waals surface area contributed by atoms with Crippen LogP contribution < -0.4 is 0 Å². The summed E-state index contributed by atoms with van der Waals surface area (Å²) in [6.07, 6.45) is 16.7. The molecule has 3 heteroatoms. The number of hydrogen-bond donors (Lipinski definition) is 1. The highest BCUT2D eigenvalue weighted by Crippen LogP contribution is 2.15. The zero-order chi connectivity index (χ0) is 16.8. The van der Waals surface area contributed by atoms with E-state index in [1.807, 2.05) is 21.1 Å². The normalized spacial score (nSPS) is 13.3. The molecule has 0 aliphatic carbocycles. The molecule has 3 nitrogen and oxygen atoms in total. The van der Waals surface area contributed by atoms with E-state index < -0.39 is 5.97 Å². The van der Waals surface area contributed by atoms with Crippen molar-refractivity contribution >= 4 is 5.97 Å². The highest BCUT2D eigenvalue weighted by Gasteiger charge is 2.30. The third kappa shape index (κ3) is 12.0. The van der Waals surface area contributed by atoms with Crippen LogP contribution in [-0.2, 0) is 4.79 Å². The van der Waals surface area contributed by atoms with Gasteiger partial charge in [-0.25, -0.2) is 4.79 Å². The van der Waals surface area contributed by atoms with E-state index >= 15 is 0 Å². The molecule has 0 saturated heterocycles. The van der Waals surface area contributed by atoms with Crippen molar-refractivity contribution < 1.29 is 14.4 Å². The lowest BCUT2D eigenvalue weighted by atomic mass is 10.0. The number of hydrogen-bond acceptors (Lipinski definition) is 1. The lowest BCUT2D eigenvalue weighted by Gasteiger charge is -2.31. The Hall–Kier alpha value is -0.570. The molecule has 1 atom stereocenters. The summed E-state index contributed by atoms with van der Waals surface area (Å²) in [7, 11) is 5.91. The van der Waals surface area contributed by atoms with Gasteiger partial charge in [0.2, 0.25) is 0 Å². The van der Waals surface area contributed by atoms with Crippen molar-refractivity contribution in [3.63, 3.8) is 0 Å². The van der Waals surface area contributed by atoms with Gasteiger partial charge in [0.05, 0.1) is 21.1 Å². The molecular formula is C19H40NO2+. The fourth-order valence-electron chi connectivity index (χ4n) is 3.02. The molecule has 0 aromatic rings. The number of unbranched alkanes of at least 4 members (excludes halogenated alkanes) is 11. The maximum atomic E-state index is 11.3. The molecule has 0 radical (unpaired) electrons. The van der Waals surface area contributed by atoms with Crippen LogP contribution in [0.2, 0.25) is 0 Å². The lowest BCUT2D eigenvalue weighted by molar-refractivity contribution is -0.887. The monoisotopic (exact) mass is 314 g/mol. The first kappa shape index (κ1) is 21.4. The second-order valence-corrected chi connectivity index (χ2v) is 7.65. The number of nitrogens with zero attached hydrogens (tertiary/aromatic N) is 1.